The van der Waals surface area contributed by atoms with E-state index in [1.54, 1.807) is 17.5 Å². The monoisotopic (exact) mass is 363 g/mol. The molecule has 1 fully saturated rings. The maximum atomic E-state index is 13.1. The van der Waals surface area contributed by atoms with Crippen molar-refractivity contribution in [1.82, 2.24) is 9.88 Å². The van der Waals surface area contributed by atoms with Gasteiger partial charge in [0.15, 0.2) is 0 Å². The van der Waals surface area contributed by atoms with Crippen LogP contribution in [0.5, 0.6) is 0 Å². The van der Waals surface area contributed by atoms with Crippen molar-refractivity contribution in [3.05, 3.63) is 71.7 Å². The van der Waals surface area contributed by atoms with E-state index in [0.29, 0.717) is 0 Å². The summed E-state index contributed by atoms with van der Waals surface area (Å²) in [6.45, 7) is 1.93. The quantitative estimate of drug-likeness (QED) is 0.721. The summed E-state index contributed by atoms with van der Waals surface area (Å²) >= 11 is 1.60. The fraction of sp³-hybridized carbons (Fsp3) is 0.238. The zero-order chi connectivity index (χ0) is 17.8. The number of carbonyl (C=O) groups is 1. The number of likely N-dealkylation sites (tertiary alicyclic amines) is 1. The molecule has 1 N–H and O–H groups in total. The lowest BCUT2D eigenvalue weighted by molar-refractivity contribution is -0.121. The highest BCUT2D eigenvalue weighted by Gasteiger charge is 2.29. The Balaban J connectivity index is 1.58. The van der Waals surface area contributed by atoms with Gasteiger partial charge in [0.2, 0.25) is 5.91 Å². The van der Waals surface area contributed by atoms with Gasteiger partial charge in [-0.05, 0) is 43.6 Å². The maximum absolute atomic E-state index is 13.1. The molecule has 1 amide bonds. The molecule has 0 spiro atoms. The summed E-state index contributed by atoms with van der Waals surface area (Å²) in [6.07, 6.45) is 4.09. The van der Waals surface area contributed by atoms with E-state index in [-0.39, 0.29) is 11.9 Å². The summed E-state index contributed by atoms with van der Waals surface area (Å²) in [5.41, 5.74) is 2.88. The Morgan fingerprint density at radius 1 is 1.08 bits per heavy atom. The fourth-order valence-electron chi connectivity index (χ4n) is 3.47. The number of aromatic nitrogens is 1. The Hall–Kier alpha value is -2.50. The summed E-state index contributed by atoms with van der Waals surface area (Å²) < 4.78 is 0. The van der Waals surface area contributed by atoms with Crippen molar-refractivity contribution >= 4 is 22.9 Å². The second kappa shape index (κ2) is 7.81. The third-order valence-electron chi connectivity index (χ3n) is 4.68. The number of hydrogen-bond donors (Lipinski definition) is 1. The maximum Gasteiger partial charge on any atom is 0.246 e. The summed E-state index contributed by atoms with van der Waals surface area (Å²) in [5.74, 6) is 0.0226. The van der Waals surface area contributed by atoms with Crippen molar-refractivity contribution in [3.63, 3.8) is 0 Å². The van der Waals surface area contributed by atoms with Crippen LogP contribution in [-0.2, 0) is 4.79 Å². The van der Waals surface area contributed by atoms with Crippen molar-refractivity contribution in [3.8, 4) is 10.6 Å². The minimum atomic E-state index is -0.248. The van der Waals surface area contributed by atoms with E-state index in [0.717, 1.165) is 47.8 Å². The van der Waals surface area contributed by atoms with Crippen molar-refractivity contribution in [1.29, 1.82) is 0 Å². The molecule has 5 heteroatoms. The third kappa shape index (κ3) is 3.69. The first-order chi connectivity index (χ1) is 12.8. The number of anilines is 1. The normalized spacial score (nSPS) is 15.7. The first kappa shape index (κ1) is 16.9. The van der Waals surface area contributed by atoms with Crippen molar-refractivity contribution in [2.75, 3.05) is 18.4 Å². The van der Waals surface area contributed by atoms with Crippen LogP contribution in [0, 0.1) is 0 Å². The molecule has 1 aliphatic heterocycles. The van der Waals surface area contributed by atoms with Crippen LogP contribution >= 0.6 is 11.3 Å². The zero-order valence-corrected chi connectivity index (χ0v) is 15.3. The van der Waals surface area contributed by atoms with Crippen LogP contribution in [0.1, 0.15) is 24.4 Å². The standard InChI is InChI=1S/C21H21N3OS/c25-20(19(24-12-4-5-13-24)16-7-2-1-3-8-16)23-18-10-6-9-17(15-18)21-22-11-14-26-21/h1-3,6-11,14-15,19H,4-5,12-13H2,(H,23,25). The number of carbonyl (C=O) groups excluding carboxylic acids is 1. The smallest absolute Gasteiger partial charge is 0.246 e. The van der Waals surface area contributed by atoms with E-state index in [2.05, 4.69) is 15.2 Å². The lowest BCUT2D eigenvalue weighted by Crippen LogP contribution is -2.35. The van der Waals surface area contributed by atoms with E-state index in [1.807, 2.05) is 60.0 Å². The topological polar surface area (TPSA) is 45.2 Å². The summed E-state index contributed by atoms with van der Waals surface area (Å²) in [5, 5.41) is 6.03. The van der Waals surface area contributed by atoms with Crippen LogP contribution in [0.25, 0.3) is 10.6 Å². The average molecular weight is 363 g/mol. The number of hydrogen-bond acceptors (Lipinski definition) is 4. The first-order valence-corrected chi connectivity index (χ1v) is 9.79. The fourth-order valence-corrected chi connectivity index (χ4v) is 4.11. The summed E-state index contributed by atoms with van der Waals surface area (Å²) in [7, 11) is 0. The molecular weight excluding hydrogens is 342 g/mol. The van der Waals surface area contributed by atoms with Gasteiger partial charge in [0.1, 0.15) is 11.0 Å². The number of amides is 1. The molecule has 3 aromatic rings. The number of thiazole rings is 1. The van der Waals surface area contributed by atoms with Gasteiger partial charge in [-0.15, -0.1) is 11.3 Å². The van der Waals surface area contributed by atoms with Crippen molar-refractivity contribution < 1.29 is 4.79 Å². The van der Waals surface area contributed by atoms with E-state index < -0.39 is 0 Å². The predicted molar refractivity (Wildman–Crippen MR) is 106 cm³/mol. The van der Waals surface area contributed by atoms with Gasteiger partial charge >= 0.3 is 0 Å². The SMILES string of the molecule is O=C(Nc1cccc(-c2nccs2)c1)C(c1ccccc1)N1CCCC1. The van der Waals surface area contributed by atoms with Crippen LogP contribution in [0.4, 0.5) is 5.69 Å². The molecule has 0 radical (unpaired) electrons. The number of benzene rings is 2. The Morgan fingerprint density at radius 3 is 2.62 bits per heavy atom. The van der Waals surface area contributed by atoms with E-state index >= 15 is 0 Å². The first-order valence-electron chi connectivity index (χ1n) is 8.91. The highest BCUT2D eigenvalue weighted by molar-refractivity contribution is 7.13. The van der Waals surface area contributed by atoms with Crippen LogP contribution in [0.2, 0.25) is 0 Å². The van der Waals surface area contributed by atoms with Gasteiger partial charge in [-0.3, -0.25) is 9.69 Å². The van der Waals surface area contributed by atoms with Crippen LogP contribution in [-0.4, -0.2) is 28.9 Å². The van der Waals surface area contributed by atoms with Gasteiger partial charge in [0.25, 0.3) is 0 Å². The van der Waals surface area contributed by atoms with Gasteiger partial charge in [-0.1, -0.05) is 42.5 Å². The molecule has 1 aromatic heterocycles. The summed E-state index contributed by atoms with van der Waals surface area (Å²) in [6, 6.07) is 17.7. The summed E-state index contributed by atoms with van der Waals surface area (Å²) in [4.78, 5) is 19.8. The second-order valence-corrected chi connectivity index (χ2v) is 7.36. The Bertz CT molecular complexity index is 858. The largest absolute Gasteiger partial charge is 0.324 e. The average Bonchev–Trinajstić information content (AvgIpc) is 3.37. The van der Waals surface area contributed by atoms with Gasteiger partial charge in [-0.2, -0.15) is 0 Å². The van der Waals surface area contributed by atoms with Gasteiger partial charge in [0.05, 0.1) is 0 Å². The highest BCUT2D eigenvalue weighted by Crippen LogP contribution is 2.28. The minimum Gasteiger partial charge on any atom is -0.324 e. The molecule has 0 bridgehead atoms. The number of rotatable bonds is 5. The van der Waals surface area contributed by atoms with Crippen LogP contribution < -0.4 is 5.32 Å². The second-order valence-electron chi connectivity index (χ2n) is 6.46. The van der Waals surface area contributed by atoms with E-state index in [1.165, 1.54) is 0 Å². The molecule has 0 aliphatic carbocycles. The molecule has 2 aromatic carbocycles. The number of nitrogens with one attached hydrogen (secondary N) is 1. The molecule has 4 rings (SSSR count). The molecule has 2 heterocycles. The highest BCUT2D eigenvalue weighted by atomic mass is 32.1. The van der Waals surface area contributed by atoms with E-state index in [9.17, 15) is 4.79 Å². The van der Waals surface area contributed by atoms with Gasteiger partial charge in [0, 0.05) is 22.8 Å². The van der Waals surface area contributed by atoms with Gasteiger partial charge in [-0.25, -0.2) is 4.98 Å². The molecule has 1 atom stereocenters. The van der Waals surface area contributed by atoms with Crippen LogP contribution in [0.15, 0.2) is 66.2 Å². The van der Waals surface area contributed by atoms with Gasteiger partial charge < -0.3 is 5.32 Å². The molecule has 26 heavy (non-hydrogen) atoms. The molecule has 1 unspecified atom stereocenters. The van der Waals surface area contributed by atoms with Crippen molar-refractivity contribution in [2.45, 2.75) is 18.9 Å². The van der Waals surface area contributed by atoms with Crippen molar-refractivity contribution in [2.24, 2.45) is 0 Å². The Kier molecular flexibility index (Phi) is 5.09. The lowest BCUT2D eigenvalue weighted by Gasteiger charge is -2.27. The third-order valence-corrected chi connectivity index (χ3v) is 5.50. The zero-order valence-electron chi connectivity index (χ0n) is 14.5. The molecule has 1 saturated heterocycles. The molecule has 132 valence electrons. The number of nitrogens with zero attached hydrogens (tertiary/aromatic N) is 2. The predicted octanol–water partition coefficient (Wildman–Crippen LogP) is 4.59. The van der Waals surface area contributed by atoms with E-state index in [4.69, 9.17) is 0 Å². The Morgan fingerprint density at radius 2 is 1.88 bits per heavy atom. The molecule has 4 nitrogen and oxygen atoms in total. The minimum absolute atomic E-state index is 0.0226. The lowest BCUT2D eigenvalue weighted by atomic mass is 10.0. The molecule has 1 aliphatic rings. The Labute approximate surface area is 157 Å². The molecule has 0 saturated carbocycles. The molecular formula is C21H21N3OS. The van der Waals surface area contributed by atoms with Crippen LogP contribution in [0.3, 0.4) is 0 Å².